The van der Waals surface area contributed by atoms with Crippen molar-refractivity contribution in [2.45, 2.75) is 38.7 Å². The van der Waals surface area contributed by atoms with E-state index in [-0.39, 0.29) is 0 Å². The molecule has 0 bridgehead atoms. The average Bonchev–Trinajstić information content (AvgIpc) is 2.46. The van der Waals surface area contributed by atoms with Crippen molar-refractivity contribution >= 4 is 20.0 Å². The van der Waals surface area contributed by atoms with Crippen LogP contribution in [-0.4, -0.2) is 14.8 Å². The molecule has 22 heavy (non-hydrogen) atoms. The fraction of sp³-hybridized carbons (Fsp3) is 0.300. The summed E-state index contributed by atoms with van der Waals surface area (Å²) >= 11 is 0. The molecule has 0 heterocycles. The largest absolute Gasteiger partial charge is 0.178 e. The molecule has 0 saturated heterocycles. The smallest absolute Gasteiger partial charge is 0.104 e. The number of rotatable bonds is 9. The van der Waals surface area contributed by atoms with Gasteiger partial charge in [0.05, 0.1) is 8.07 Å². The van der Waals surface area contributed by atoms with E-state index >= 15 is 0 Å². The maximum Gasteiger partial charge on any atom is 0.178 e. The molecule has 0 fully saturated rings. The van der Waals surface area contributed by atoms with Gasteiger partial charge in [-0.15, -0.1) is 19.7 Å². The third-order valence-electron chi connectivity index (χ3n) is 3.89. The molecule has 2 heteroatoms. The van der Waals surface area contributed by atoms with Crippen LogP contribution in [0.25, 0.3) is 5.20 Å². The number of allylic oxidation sites excluding steroid dienone is 4. The predicted octanol–water partition coefficient (Wildman–Crippen LogP) is 6.30. The molecule has 1 aromatic rings. The van der Waals surface area contributed by atoms with Gasteiger partial charge in [-0.05, 0) is 12.0 Å². The van der Waals surface area contributed by atoms with Crippen LogP contribution in [0.2, 0.25) is 32.3 Å². The molecule has 0 nitrogen and oxygen atoms in total. The summed E-state index contributed by atoms with van der Waals surface area (Å²) in [5.41, 5.74) is 2.90. The summed E-state index contributed by atoms with van der Waals surface area (Å²) in [6, 6.07) is 10.8. The zero-order chi connectivity index (χ0) is 16.6. The first-order valence-electron chi connectivity index (χ1n) is 8.07. The van der Waals surface area contributed by atoms with Crippen LogP contribution in [0.1, 0.15) is 12.0 Å². The minimum Gasteiger partial charge on any atom is -0.104 e. The van der Waals surface area contributed by atoms with Crippen LogP contribution in [0.15, 0.2) is 73.8 Å². The third-order valence-corrected chi connectivity index (χ3v) is 6.00. The average molecular weight is 308 g/mol. The van der Waals surface area contributed by atoms with Crippen molar-refractivity contribution in [2.24, 2.45) is 0 Å². The van der Waals surface area contributed by atoms with Crippen molar-refractivity contribution in [3.63, 3.8) is 0 Å². The standard InChI is InChI=1S/C20H29BSi/c1-7-13-19(21(16-8-2)17-9-3)20(22(4,5)6)18-14-11-10-12-15-18/h7-12,14-15H,1-3,13,16-17H2,4-6H3/b20-19+. The van der Waals surface area contributed by atoms with E-state index < -0.39 is 8.07 Å². The molecular weight excluding hydrogens is 279 g/mol. The summed E-state index contributed by atoms with van der Waals surface area (Å²) in [6.07, 6.45) is 9.04. The topological polar surface area (TPSA) is 0 Å². The molecule has 0 saturated carbocycles. The zero-order valence-corrected chi connectivity index (χ0v) is 15.4. The van der Waals surface area contributed by atoms with Gasteiger partial charge >= 0.3 is 0 Å². The van der Waals surface area contributed by atoms with Crippen molar-refractivity contribution in [1.82, 2.24) is 0 Å². The number of hydrogen-bond donors (Lipinski definition) is 0. The van der Waals surface area contributed by atoms with E-state index in [1.165, 1.54) is 11.0 Å². The van der Waals surface area contributed by atoms with E-state index in [1.807, 2.05) is 18.2 Å². The first-order chi connectivity index (χ1) is 10.5. The third kappa shape index (κ3) is 5.03. The summed E-state index contributed by atoms with van der Waals surface area (Å²) in [5, 5.41) is 1.57. The van der Waals surface area contributed by atoms with E-state index in [0.29, 0.717) is 6.71 Å². The van der Waals surface area contributed by atoms with Crippen LogP contribution in [-0.2, 0) is 0 Å². The molecule has 0 N–H and O–H groups in total. The SMILES string of the molecule is C=CCB(CC=C)/C(CC=C)=C(\c1ccccc1)[Si](C)(C)C. The minimum absolute atomic E-state index is 0.481. The number of hydrogen-bond acceptors (Lipinski definition) is 0. The molecule has 1 rings (SSSR count). The van der Waals surface area contributed by atoms with Crippen molar-refractivity contribution in [3.8, 4) is 0 Å². The van der Waals surface area contributed by atoms with Gasteiger partial charge in [-0.25, -0.2) is 0 Å². The molecule has 0 unspecified atom stereocenters. The van der Waals surface area contributed by atoms with Gasteiger partial charge in [0.15, 0.2) is 6.71 Å². The van der Waals surface area contributed by atoms with Gasteiger partial charge in [-0.1, -0.05) is 91.5 Å². The van der Waals surface area contributed by atoms with Crippen LogP contribution < -0.4 is 0 Å². The van der Waals surface area contributed by atoms with Crippen molar-refractivity contribution < 1.29 is 0 Å². The highest BCUT2D eigenvalue weighted by Crippen LogP contribution is 2.33. The van der Waals surface area contributed by atoms with E-state index in [1.54, 1.807) is 5.20 Å². The lowest BCUT2D eigenvalue weighted by molar-refractivity contribution is 1.31. The molecule has 0 aliphatic heterocycles. The maximum atomic E-state index is 3.99. The lowest BCUT2D eigenvalue weighted by Gasteiger charge is -2.29. The molecule has 0 radical (unpaired) electrons. The zero-order valence-electron chi connectivity index (χ0n) is 14.4. The van der Waals surface area contributed by atoms with E-state index in [0.717, 1.165) is 19.1 Å². The molecular formula is C20H29BSi. The fourth-order valence-corrected chi connectivity index (χ4v) is 5.42. The highest BCUT2D eigenvalue weighted by Gasteiger charge is 2.28. The van der Waals surface area contributed by atoms with Crippen molar-refractivity contribution in [2.75, 3.05) is 0 Å². The lowest BCUT2D eigenvalue weighted by atomic mass is 9.39. The van der Waals surface area contributed by atoms with Crippen LogP contribution >= 0.6 is 0 Å². The highest BCUT2D eigenvalue weighted by atomic mass is 28.3. The van der Waals surface area contributed by atoms with Crippen molar-refractivity contribution in [1.29, 1.82) is 0 Å². The normalized spacial score (nSPS) is 12.3. The van der Waals surface area contributed by atoms with E-state index in [4.69, 9.17) is 0 Å². The lowest BCUT2D eigenvalue weighted by Crippen LogP contribution is -2.29. The second kappa shape index (κ2) is 8.80. The molecule has 0 aliphatic rings. The Balaban J connectivity index is 3.55. The Morgan fingerprint density at radius 3 is 1.91 bits per heavy atom. The van der Waals surface area contributed by atoms with E-state index in [9.17, 15) is 0 Å². The Kier molecular flexibility index (Phi) is 7.40. The van der Waals surface area contributed by atoms with Gasteiger partial charge in [0.25, 0.3) is 0 Å². The Labute approximate surface area is 138 Å². The fourth-order valence-electron chi connectivity index (χ4n) is 3.12. The first-order valence-corrected chi connectivity index (χ1v) is 11.6. The summed E-state index contributed by atoms with van der Waals surface area (Å²) in [4.78, 5) is 0. The Morgan fingerprint density at radius 2 is 1.50 bits per heavy atom. The molecule has 0 atom stereocenters. The second-order valence-electron chi connectivity index (χ2n) is 6.75. The highest BCUT2D eigenvalue weighted by molar-refractivity contribution is 6.95. The quantitative estimate of drug-likeness (QED) is 0.371. The van der Waals surface area contributed by atoms with E-state index in [2.05, 4.69) is 69.7 Å². The van der Waals surface area contributed by atoms with Crippen LogP contribution in [0, 0.1) is 0 Å². The summed E-state index contributed by atoms with van der Waals surface area (Å²) in [7, 11) is -1.49. The van der Waals surface area contributed by atoms with Gasteiger partial charge < -0.3 is 0 Å². The predicted molar refractivity (Wildman–Crippen MR) is 107 cm³/mol. The Morgan fingerprint density at radius 1 is 0.955 bits per heavy atom. The van der Waals surface area contributed by atoms with Gasteiger partial charge in [0.1, 0.15) is 0 Å². The summed E-state index contributed by atoms with van der Waals surface area (Å²) in [6.45, 7) is 19.7. The van der Waals surface area contributed by atoms with Crippen LogP contribution in [0.4, 0.5) is 0 Å². The van der Waals surface area contributed by atoms with Gasteiger partial charge in [0, 0.05) is 0 Å². The van der Waals surface area contributed by atoms with Crippen LogP contribution in [0.3, 0.4) is 0 Å². The molecule has 116 valence electrons. The summed E-state index contributed by atoms with van der Waals surface area (Å²) < 4.78 is 0. The molecule has 0 spiro atoms. The maximum absolute atomic E-state index is 3.99. The second-order valence-corrected chi connectivity index (χ2v) is 11.8. The first kappa shape index (κ1) is 18.5. The van der Waals surface area contributed by atoms with Crippen molar-refractivity contribution in [3.05, 3.63) is 79.3 Å². The van der Waals surface area contributed by atoms with Crippen LogP contribution in [0.5, 0.6) is 0 Å². The number of benzene rings is 1. The molecule has 0 aromatic heterocycles. The monoisotopic (exact) mass is 308 g/mol. The molecule has 0 aliphatic carbocycles. The minimum atomic E-state index is -1.49. The van der Waals surface area contributed by atoms with Gasteiger partial charge in [-0.2, -0.15) is 0 Å². The van der Waals surface area contributed by atoms with Gasteiger partial charge in [0.2, 0.25) is 0 Å². The molecule has 1 aromatic carbocycles. The summed E-state index contributed by atoms with van der Waals surface area (Å²) in [5.74, 6) is 0. The van der Waals surface area contributed by atoms with Gasteiger partial charge in [-0.3, -0.25) is 0 Å². The molecule has 0 amide bonds. The Hall–Kier alpha value is -1.54. The Bertz CT molecular complexity index is 525.